The van der Waals surface area contributed by atoms with Crippen molar-refractivity contribution in [2.45, 2.75) is 89.8 Å². The van der Waals surface area contributed by atoms with Crippen molar-refractivity contribution in [2.75, 3.05) is 0 Å². The van der Waals surface area contributed by atoms with E-state index in [2.05, 4.69) is 13.8 Å². The van der Waals surface area contributed by atoms with Gasteiger partial charge in [-0.25, -0.2) is 0 Å². The molecule has 0 saturated heterocycles. The van der Waals surface area contributed by atoms with Gasteiger partial charge in [-0.15, -0.1) is 0 Å². The maximum Gasteiger partial charge on any atom is 0.420 e. The smallest absolute Gasteiger partial charge is 0.420 e. The molecule has 1 N–H and O–H groups in total. The molecule has 6 heteroatoms. The number of carbonyl (C=O) groups is 1. The van der Waals surface area contributed by atoms with Gasteiger partial charge in [0.05, 0.1) is 12.0 Å². The fourth-order valence-corrected chi connectivity index (χ4v) is 5.82. The number of halogens is 3. The average Bonchev–Trinajstić information content (AvgIpc) is 2.79. The Morgan fingerprint density at radius 3 is 2.29 bits per heavy atom. The number of benzene rings is 2. The number of carboxylic acids is 1. The molecule has 2 fully saturated rings. The van der Waals surface area contributed by atoms with Crippen LogP contribution in [0.2, 0.25) is 0 Å². The summed E-state index contributed by atoms with van der Waals surface area (Å²) in [6.45, 7) is 4.23. The molecule has 0 spiro atoms. The van der Waals surface area contributed by atoms with Gasteiger partial charge in [0.15, 0.2) is 0 Å². The molecule has 4 rings (SSSR count). The van der Waals surface area contributed by atoms with E-state index in [4.69, 9.17) is 4.74 Å². The second kappa shape index (κ2) is 10.2. The summed E-state index contributed by atoms with van der Waals surface area (Å²) >= 11 is 0. The van der Waals surface area contributed by atoms with Gasteiger partial charge in [0, 0.05) is 0 Å². The Kier molecular flexibility index (Phi) is 7.44. The van der Waals surface area contributed by atoms with Crippen LogP contribution in [-0.2, 0) is 11.0 Å². The third-order valence-electron chi connectivity index (χ3n) is 8.00. The summed E-state index contributed by atoms with van der Waals surface area (Å²) in [5.74, 6) is 0.0694. The molecule has 34 heavy (non-hydrogen) atoms. The lowest BCUT2D eigenvalue weighted by Crippen LogP contribution is -2.24. The molecule has 2 aromatic rings. The molecule has 2 aliphatic carbocycles. The lowest BCUT2D eigenvalue weighted by Gasteiger charge is -2.29. The quantitative estimate of drug-likeness (QED) is 0.457. The topological polar surface area (TPSA) is 46.5 Å². The van der Waals surface area contributed by atoms with E-state index >= 15 is 0 Å². The van der Waals surface area contributed by atoms with Crippen molar-refractivity contribution < 1.29 is 27.8 Å². The summed E-state index contributed by atoms with van der Waals surface area (Å²) in [6.07, 6.45) is 2.82. The predicted molar refractivity (Wildman–Crippen MR) is 127 cm³/mol. The van der Waals surface area contributed by atoms with E-state index in [1.807, 2.05) is 6.07 Å². The Labute approximate surface area is 199 Å². The molecule has 2 aromatic carbocycles. The molecule has 2 aliphatic rings. The summed E-state index contributed by atoms with van der Waals surface area (Å²) in [5.41, 5.74) is 0.224. The first-order valence-electron chi connectivity index (χ1n) is 12.6. The van der Waals surface area contributed by atoms with Crippen LogP contribution < -0.4 is 4.74 Å². The Balaban J connectivity index is 1.57. The minimum Gasteiger partial charge on any atom is -0.490 e. The van der Waals surface area contributed by atoms with Gasteiger partial charge >= 0.3 is 12.1 Å². The van der Waals surface area contributed by atoms with Gasteiger partial charge in [-0.1, -0.05) is 38.1 Å². The first kappa shape index (κ1) is 24.9. The van der Waals surface area contributed by atoms with Crippen LogP contribution in [0.15, 0.2) is 30.3 Å². The fourth-order valence-electron chi connectivity index (χ4n) is 5.82. The fraction of sp³-hybridized carbons (Fsp3) is 0.607. The van der Waals surface area contributed by atoms with E-state index in [1.165, 1.54) is 6.07 Å². The largest absolute Gasteiger partial charge is 0.490 e. The van der Waals surface area contributed by atoms with Gasteiger partial charge in [-0.2, -0.15) is 13.2 Å². The summed E-state index contributed by atoms with van der Waals surface area (Å²) in [5, 5.41) is 9.98. The van der Waals surface area contributed by atoms with Crippen LogP contribution >= 0.6 is 0 Å². The van der Waals surface area contributed by atoms with Crippen LogP contribution in [0, 0.1) is 17.8 Å². The van der Waals surface area contributed by atoms with Gasteiger partial charge in [0.1, 0.15) is 11.3 Å². The second-order valence-corrected chi connectivity index (χ2v) is 10.6. The zero-order valence-corrected chi connectivity index (χ0v) is 20.0. The number of alkyl halides is 3. The number of carboxylic acid groups (broad SMARTS) is 1. The van der Waals surface area contributed by atoms with E-state index in [9.17, 15) is 23.1 Å². The van der Waals surface area contributed by atoms with Crippen LogP contribution in [-0.4, -0.2) is 17.2 Å². The number of hydrogen-bond donors (Lipinski definition) is 1. The molecule has 0 aromatic heterocycles. The van der Waals surface area contributed by atoms with Crippen molar-refractivity contribution in [1.82, 2.24) is 0 Å². The molecular formula is C28H35F3O3. The second-order valence-electron chi connectivity index (χ2n) is 10.6. The molecule has 0 heterocycles. The third kappa shape index (κ3) is 5.69. The van der Waals surface area contributed by atoms with Gasteiger partial charge in [0.25, 0.3) is 0 Å². The standard InChI is InChI=1S/C28H35F3O3/c1-17-3-12-23(13-4-17)34-25-14-11-20-9-10-22(16-24(20)26(25)28(29,30)31)18(2)15-19-5-7-21(8-6-19)27(32)33/h9-11,14,16-19,21,23H,3-8,12-13,15H2,1-2H3,(H,32,33)/t17?,18-,19?,21?,23?/m1/s1. The Morgan fingerprint density at radius 2 is 1.68 bits per heavy atom. The Hall–Kier alpha value is -2.24. The maximum absolute atomic E-state index is 14.3. The van der Waals surface area contributed by atoms with Crippen molar-refractivity contribution in [3.63, 3.8) is 0 Å². The van der Waals surface area contributed by atoms with Crippen LogP contribution in [0.25, 0.3) is 10.8 Å². The molecule has 3 nitrogen and oxygen atoms in total. The summed E-state index contributed by atoms with van der Waals surface area (Å²) in [4.78, 5) is 11.2. The molecule has 0 radical (unpaired) electrons. The van der Waals surface area contributed by atoms with E-state index in [1.54, 1.807) is 18.2 Å². The van der Waals surface area contributed by atoms with E-state index < -0.39 is 17.7 Å². The highest BCUT2D eigenvalue weighted by Crippen LogP contribution is 2.44. The Bertz CT molecular complexity index is 1000. The first-order chi connectivity index (χ1) is 16.1. The third-order valence-corrected chi connectivity index (χ3v) is 8.00. The molecule has 0 bridgehead atoms. The van der Waals surface area contributed by atoms with Crippen molar-refractivity contribution in [3.8, 4) is 5.75 Å². The van der Waals surface area contributed by atoms with Crippen molar-refractivity contribution in [2.24, 2.45) is 17.8 Å². The van der Waals surface area contributed by atoms with Crippen LogP contribution in [0.4, 0.5) is 13.2 Å². The molecule has 1 atom stereocenters. The monoisotopic (exact) mass is 476 g/mol. The minimum absolute atomic E-state index is 0.0589. The first-order valence-corrected chi connectivity index (χ1v) is 12.6. The van der Waals surface area contributed by atoms with Crippen molar-refractivity contribution in [3.05, 3.63) is 41.5 Å². The number of aliphatic carboxylic acids is 1. The number of hydrogen-bond acceptors (Lipinski definition) is 2. The van der Waals surface area contributed by atoms with E-state index in [-0.39, 0.29) is 29.1 Å². The SMILES string of the molecule is CC1CCC(Oc2ccc3ccc([C@H](C)CC4CCC(C(=O)O)CC4)cc3c2C(F)(F)F)CC1. The number of ether oxygens (including phenoxy) is 1. The molecule has 0 unspecified atom stereocenters. The molecular weight excluding hydrogens is 441 g/mol. The van der Waals surface area contributed by atoms with Crippen LogP contribution in [0.1, 0.15) is 88.7 Å². The van der Waals surface area contributed by atoms with Gasteiger partial charge < -0.3 is 9.84 Å². The summed E-state index contributed by atoms with van der Waals surface area (Å²) < 4.78 is 48.8. The number of rotatable bonds is 6. The highest BCUT2D eigenvalue weighted by molar-refractivity contribution is 5.89. The zero-order valence-electron chi connectivity index (χ0n) is 20.0. The highest BCUT2D eigenvalue weighted by Gasteiger charge is 2.37. The number of fused-ring (bicyclic) bond motifs is 1. The molecule has 0 amide bonds. The van der Waals surface area contributed by atoms with E-state index in [0.717, 1.165) is 50.5 Å². The van der Waals surface area contributed by atoms with E-state index in [0.29, 0.717) is 30.1 Å². The predicted octanol–water partition coefficient (Wildman–Crippen LogP) is 8.20. The molecule has 186 valence electrons. The lowest BCUT2D eigenvalue weighted by molar-refractivity contribution is -0.143. The zero-order chi connectivity index (χ0) is 24.5. The molecule has 2 saturated carbocycles. The van der Waals surface area contributed by atoms with Crippen LogP contribution in [0.3, 0.4) is 0 Å². The van der Waals surface area contributed by atoms with Gasteiger partial charge in [-0.3, -0.25) is 4.79 Å². The van der Waals surface area contributed by atoms with Gasteiger partial charge in [0.2, 0.25) is 0 Å². The van der Waals surface area contributed by atoms with Crippen molar-refractivity contribution >= 4 is 16.7 Å². The summed E-state index contributed by atoms with van der Waals surface area (Å²) in [7, 11) is 0. The lowest BCUT2D eigenvalue weighted by atomic mass is 9.77. The Morgan fingerprint density at radius 1 is 1.03 bits per heavy atom. The molecule has 0 aliphatic heterocycles. The van der Waals surface area contributed by atoms with Crippen LogP contribution in [0.5, 0.6) is 5.75 Å². The van der Waals surface area contributed by atoms with Gasteiger partial charge in [-0.05, 0) is 97.9 Å². The van der Waals surface area contributed by atoms with Crippen molar-refractivity contribution in [1.29, 1.82) is 0 Å². The maximum atomic E-state index is 14.3. The highest BCUT2D eigenvalue weighted by atomic mass is 19.4. The minimum atomic E-state index is -4.51. The summed E-state index contributed by atoms with van der Waals surface area (Å²) in [6, 6.07) is 8.62. The normalized spacial score (nSPS) is 26.9. The average molecular weight is 477 g/mol.